The molecule has 2 aromatic carbocycles. The van der Waals surface area contributed by atoms with E-state index < -0.39 is 0 Å². The predicted octanol–water partition coefficient (Wildman–Crippen LogP) is 4.27. The molecule has 3 nitrogen and oxygen atoms in total. The number of nitrogen functional groups attached to an aromatic ring is 1. The molecular formula is C15H14BrClN2O. The minimum absolute atomic E-state index is 0.187. The molecule has 104 valence electrons. The van der Waals surface area contributed by atoms with Gasteiger partial charge in [-0.15, -0.1) is 0 Å². The lowest BCUT2D eigenvalue weighted by Gasteiger charge is -2.20. The topological polar surface area (TPSA) is 46.3 Å². The van der Waals surface area contributed by atoms with Gasteiger partial charge in [0.05, 0.1) is 22.0 Å². The summed E-state index contributed by atoms with van der Waals surface area (Å²) < 4.78 is 0.869. The Morgan fingerprint density at radius 2 is 2.00 bits per heavy atom. The number of carbonyl (C=O) groups excluding carboxylic acids is 1. The molecule has 0 saturated heterocycles. The number of amides is 1. The summed E-state index contributed by atoms with van der Waals surface area (Å²) in [6.45, 7) is 1.87. The van der Waals surface area contributed by atoms with Crippen LogP contribution in [0.25, 0.3) is 0 Å². The van der Waals surface area contributed by atoms with Crippen molar-refractivity contribution in [3.63, 3.8) is 0 Å². The van der Waals surface area contributed by atoms with Gasteiger partial charge in [0, 0.05) is 11.5 Å². The third-order valence-electron chi connectivity index (χ3n) is 3.08. The summed E-state index contributed by atoms with van der Waals surface area (Å²) in [6.07, 6.45) is 0. The largest absolute Gasteiger partial charge is 0.397 e. The zero-order chi connectivity index (χ0) is 14.9. The van der Waals surface area contributed by atoms with Crippen LogP contribution in [0.5, 0.6) is 0 Å². The van der Waals surface area contributed by atoms with E-state index in [1.54, 1.807) is 25.2 Å². The fourth-order valence-electron chi connectivity index (χ4n) is 1.93. The van der Waals surface area contributed by atoms with Gasteiger partial charge in [-0.1, -0.05) is 39.7 Å². The lowest BCUT2D eigenvalue weighted by molar-refractivity contribution is 0.0993. The second-order valence-corrected chi connectivity index (χ2v) is 5.80. The van der Waals surface area contributed by atoms with Gasteiger partial charge < -0.3 is 10.6 Å². The number of carbonyl (C=O) groups is 1. The van der Waals surface area contributed by atoms with Crippen molar-refractivity contribution >= 4 is 44.8 Å². The molecule has 5 heteroatoms. The van der Waals surface area contributed by atoms with Crippen molar-refractivity contribution in [1.82, 2.24) is 0 Å². The molecule has 0 unspecified atom stereocenters. The first-order chi connectivity index (χ1) is 9.41. The Kier molecular flexibility index (Phi) is 4.35. The number of hydrogen-bond acceptors (Lipinski definition) is 2. The molecule has 2 aromatic rings. The zero-order valence-electron chi connectivity index (χ0n) is 11.2. The van der Waals surface area contributed by atoms with Crippen LogP contribution >= 0.6 is 27.5 Å². The smallest absolute Gasteiger partial charge is 0.259 e. The van der Waals surface area contributed by atoms with Crippen LogP contribution in [0, 0.1) is 6.92 Å². The van der Waals surface area contributed by atoms with E-state index in [2.05, 4.69) is 15.9 Å². The molecule has 0 heterocycles. The van der Waals surface area contributed by atoms with E-state index in [4.69, 9.17) is 17.3 Å². The Bertz CT molecular complexity index is 673. The molecule has 0 bridgehead atoms. The maximum atomic E-state index is 12.5. The van der Waals surface area contributed by atoms with Crippen molar-refractivity contribution in [3.8, 4) is 0 Å². The van der Waals surface area contributed by atoms with Crippen LogP contribution in [0.2, 0.25) is 5.02 Å². The highest BCUT2D eigenvalue weighted by atomic mass is 79.9. The van der Waals surface area contributed by atoms with Crippen LogP contribution in [-0.4, -0.2) is 13.0 Å². The molecule has 2 N–H and O–H groups in total. The number of hydrogen-bond donors (Lipinski definition) is 1. The first kappa shape index (κ1) is 14.9. The molecule has 0 aromatic heterocycles. The zero-order valence-corrected chi connectivity index (χ0v) is 13.5. The third-order valence-corrected chi connectivity index (χ3v) is 4.07. The average molecular weight is 354 g/mol. The van der Waals surface area contributed by atoms with Gasteiger partial charge in [-0.25, -0.2) is 0 Å². The number of benzene rings is 2. The fraction of sp³-hybridized carbons (Fsp3) is 0.133. The van der Waals surface area contributed by atoms with Gasteiger partial charge in [0.15, 0.2) is 0 Å². The molecule has 0 spiro atoms. The molecule has 0 aliphatic heterocycles. The van der Waals surface area contributed by atoms with Crippen molar-refractivity contribution in [2.24, 2.45) is 0 Å². The summed E-state index contributed by atoms with van der Waals surface area (Å²) in [6, 6.07) is 10.8. The third kappa shape index (κ3) is 2.81. The standard InChI is InChI=1S/C15H14BrClN2O/c1-9-4-3-5-11(14(9)17)15(20)19(2)13-7-6-10(16)8-12(13)18/h3-8H,18H2,1-2H3. The molecule has 0 aliphatic rings. The maximum absolute atomic E-state index is 12.5. The molecule has 0 radical (unpaired) electrons. The summed E-state index contributed by atoms with van der Waals surface area (Å²) in [7, 11) is 1.68. The van der Waals surface area contributed by atoms with E-state index in [-0.39, 0.29) is 5.91 Å². The fourth-order valence-corrected chi connectivity index (χ4v) is 2.52. The minimum Gasteiger partial charge on any atom is -0.397 e. The summed E-state index contributed by atoms with van der Waals surface area (Å²) in [4.78, 5) is 14.0. The van der Waals surface area contributed by atoms with Gasteiger partial charge in [0.25, 0.3) is 5.91 Å². The van der Waals surface area contributed by atoms with Crippen LogP contribution in [0.1, 0.15) is 15.9 Å². The molecule has 2 rings (SSSR count). The maximum Gasteiger partial charge on any atom is 0.259 e. The van der Waals surface area contributed by atoms with Crippen LogP contribution in [0.4, 0.5) is 11.4 Å². The van der Waals surface area contributed by atoms with Crippen molar-refractivity contribution in [3.05, 3.63) is 57.0 Å². The second-order valence-electron chi connectivity index (χ2n) is 4.50. The predicted molar refractivity (Wildman–Crippen MR) is 87.5 cm³/mol. The Hall–Kier alpha value is -1.52. The molecular weight excluding hydrogens is 340 g/mol. The van der Waals surface area contributed by atoms with Crippen LogP contribution in [0.3, 0.4) is 0 Å². The van der Waals surface area contributed by atoms with Gasteiger partial charge in [0.1, 0.15) is 0 Å². The van der Waals surface area contributed by atoms with Crippen molar-refractivity contribution in [2.75, 3.05) is 17.7 Å². The van der Waals surface area contributed by atoms with E-state index >= 15 is 0 Å². The first-order valence-electron chi connectivity index (χ1n) is 6.00. The highest BCUT2D eigenvalue weighted by Gasteiger charge is 2.18. The summed E-state index contributed by atoms with van der Waals surface area (Å²) in [5.74, 6) is -0.187. The summed E-state index contributed by atoms with van der Waals surface area (Å²) in [5.41, 5.74) is 8.46. The van der Waals surface area contributed by atoms with Crippen LogP contribution in [0.15, 0.2) is 40.9 Å². The number of nitrogens with two attached hydrogens (primary N) is 1. The SMILES string of the molecule is Cc1cccc(C(=O)N(C)c2ccc(Br)cc2N)c1Cl. The number of nitrogens with zero attached hydrogens (tertiary/aromatic N) is 1. The lowest BCUT2D eigenvalue weighted by atomic mass is 10.1. The highest BCUT2D eigenvalue weighted by Crippen LogP contribution is 2.29. The Balaban J connectivity index is 2.40. The van der Waals surface area contributed by atoms with Gasteiger partial charge in [-0.2, -0.15) is 0 Å². The van der Waals surface area contributed by atoms with E-state index in [0.29, 0.717) is 22.0 Å². The van der Waals surface area contributed by atoms with Crippen molar-refractivity contribution in [2.45, 2.75) is 6.92 Å². The molecule has 1 amide bonds. The molecule has 0 fully saturated rings. The average Bonchev–Trinajstić information content (AvgIpc) is 2.40. The minimum atomic E-state index is -0.187. The summed E-state index contributed by atoms with van der Waals surface area (Å²) in [5, 5.41) is 0.472. The molecule has 0 atom stereocenters. The highest BCUT2D eigenvalue weighted by molar-refractivity contribution is 9.10. The van der Waals surface area contributed by atoms with Gasteiger partial charge in [-0.3, -0.25) is 4.79 Å². The Morgan fingerprint density at radius 1 is 1.30 bits per heavy atom. The number of rotatable bonds is 2. The van der Waals surface area contributed by atoms with Crippen molar-refractivity contribution < 1.29 is 4.79 Å². The van der Waals surface area contributed by atoms with E-state index in [1.807, 2.05) is 25.1 Å². The lowest BCUT2D eigenvalue weighted by Crippen LogP contribution is -2.27. The number of anilines is 2. The Labute approximate surface area is 131 Å². The quantitative estimate of drug-likeness (QED) is 0.820. The number of halogens is 2. The van der Waals surface area contributed by atoms with Crippen LogP contribution < -0.4 is 10.6 Å². The van der Waals surface area contributed by atoms with E-state index in [1.165, 1.54) is 4.90 Å². The second kappa shape index (κ2) is 5.85. The molecule has 0 aliphatic carbocycles. The van der Waals surface area contributed by atoms with E-state index in [9.17, 15) is 4.79 Å². The number of aryl methyl sites for hydroxylation is 1. The summed E-state index contributed by atoms with van der Waals surface area (Å²) >= 11 is 9.54. The Morgan fingerprint density at radius 3 is 2.65 bits per heavy atom. The van der Waals surface area contributed by atoms with Gasteiger partial charge in [0.2, 0.25) is 0 Å². The first-order valence-corrected chi connectivity index (χ1v) is 7.17. The van der Waals surface area contributed by atoms with E-state index in [0.717, 1.165) is 10.0 Å². The van der Waals surface area contributed by atoms with Crippen LogP contribution in [-0.2, 0) is 0 Å². The van der Waals surface area contributed by atoms with Gasteiger partial charge >= 0.3 is 0 Å². The van der Waals surface area contributed by atoms with Gasteiger partial charge in [-0.05, 0) is 36.8 Å². The monoisotopic (exact) mass is 352 g/mol. The van der Waals surface area contributed by atoms with Crippen molar-refractivity contribution in [1.29, 1.82) is 0 Å². The molecule has 0 saturated carbocycles. The normalized spacial score (nSPS) is 10.4. The molecule has 20 heavy (non-hydrogen) atoms.